The number of nitrogens with one attached hydrogen (secondary N) is 1. The van der Waals surface area contributed by atoms with Gasteiger partial charge in [0.25, 0.3) is 0 Å². The predicted molar refractivity (Wildman–Crippen MR) is 54.5 cm³/mol. The van der Waals surface area contributed by atoms with Gasteiger partial charge in [-0.15, -0.1) is 0 Å². The van der Waals surface area contributed by atoms with Crippen LogP contribution in [0.25, 0.3) is 0 Å². The van der Waals surface area contributed by atoms with Crippen LogP contribution in [0.4, 0.5) is 0 Å². The van der Waals surface area contributed by atoms with Crippen LogP contribution < -0.4 is 5.32 Å². The maximum Gasteiger partial charge on any atom is 0.0139 e. The van der Waals surface area contributed by atoms with Crippen LogP contribution in [0.15, 0.2) is 11.6 Å². The molecule has 2 bridgehead atoms. The molecule has 0 aromatic rings. The van der Waals surface area contributed by atoms with E-state index in [9.17, 15) is 0 Å². The third-order valence-electron chi connectivity index (χ3n) is 4.31. The normalized spacial score (nSPS) is 44.4. The van der Waals surface area contributed by atoms with E-state index in [0.717, 1.165) is 23.8 Å². The maximum atomic E-state index is 3.59. The van der Waals surface area contributed by atoms with Crippen molar-refractivity contribution in [2.75, 3.05) is 6.54 Å². The molecule has 3 unspecified atom stereocenters. The average Bonchev–Trinajstić information content (AvgIpc) is 2.55. The summed E-state index contributed by atoms with van der Waals surface area (Å²) in [6.07, 6.45) is 8.38. The van der Waals surface area contributed by atoms with E-state index in [2.05, 4.69) is 18.3 Å². The van der Waals surface area contributed by atoms with Crippen LogP contribution in [0.2, 0.25) is 0 Å². The topological polar surface area (TPSA) is 12.0 Å². The van der Waals surface area contributed by atoms with Crippen LogP contribution in [0, 0.1) is 17.8 Å². The van der Waals surface area contributed by atoms with E-state index >= 15 is 0 Å². The van der Waals surface area contributed by atoms with Crippen molar-refractivity contribution in [3.8, 4) is 0 Å². The van der Waals surface area contributed by atoms with E-state index in [1.54, 1.807) is 5.57 Å². The van der Waals surface area contributed by atoms with Crippen molar-refractivity contribution in [3.05, 3.63) is 11.6 Å². The molecule has 2 saturated carbocycles. The minimum Gasteiger partial charge on any atom is -0.313 e. The smallest absolute Gasteiger partial charge is 0.0139 e. The molecule has 4 fully saturated rings. The standard InChI is InChI=1S/C12H19N/c1-8(5-9-3-2-4-9)12-10-6-11(12)13-7-10/h5,9-13H,2-4,6-7H2,1H3/b8-5-. The Kier molecular flexibility index (Phi) is 1.76. The molecule has 0 radical (unpaired) electrons. The molecule has 1 nitrogen and oxygen atoms in total. The lowest BCUT2D eigenvalue weighted by atomic mass is 9.69. The Bertz CT molecular complexity index is 226. The molecule has 2 heterocycles. The summed E-state index contributed by atoms with van der Waals surface area (Å²) in [5, 5.41) is 3.59. The summed E-state index contributed by atoms with van der Waals surface area (Å²) in [4.78, 5) is 0. The Morgan fingerprint density at radius 3 is 2.69 bits per heavy atom. The monoisotopic (exact) mass is 177 g/mol. The average molecular weight is 177 g/mol. The third-order valence-corrected chi connectivity index (χ3v) is 4.31. The fraction of sp³-hybridized carbons (Fsp3) is 0.833. The Labute approximate surface area is 80.6 Å². The van der Waals surface area contributed by atoms with Crippen molar-refractivity contribution in [2.45, 2.75) is 38.6 Å². The van der Waals surface area contributed by atoms with Gasteiger partial charge in [0.1, 0.15) is 0 Å². The highest BCUT2D eigenvalue weighted by Crippen LogP contribution is 2.45. The lowest BCUT2D eigenvalue weighted by molar-refractivity contribution is 0.254. The Hall–Kier alpha value is -0.300. The molecule has 0 amide bonds. The summed E-state index contributed by atoms with van der Waals surface area (Å²) in [6.45, 7) is 3.64. The van der Waals surface area contributed by atoms with E-state index in [-0.39, 0.29) is 0 Å². The number of rotatable bonds is 2. The first-order valence-electron chi connectivity index (χ1n) is 5.76. The van der Waals surface area contributed by atoms with Crippen LogP contribution in [0.3, 0.4) is 0 Å². The fourth-order valence-electron chi connectivity index (χ4n) is 3.25. The van der Waals surface area contributed by atoms with Gasteiger partial charge in [0.2, 0.25) is 0 Å². The number of allylic oxidation sites excluding steroid dienone is 1. The first-order chi connectivity index (χ1) is 6.34. The van der Waals surface area contributed by atoms with Gasteiger partial charge in [-0.05, 0) is 50.5 Å². The molecule has 1 heteroatoms. The van der Waals surface area contributed by atoms with Crippen LogP contribution >= 0.6 is 0 Å². The molecule has 3 atom stereocenters. The Balaban J connectivity index is 1.67. The summed E-state index contributed by atoms with van der Waals surface area (Å²) in [6, 6.07) is 0.848. The van der Waals surface area contributed by atoms with Crippen LogP contribution in [-0.4, -0.2) is 12.6 Å². The highest BCUT2D eigenvalue weighted by Gasteiger charge is 2.47. The quantitative estimate of drug-likeness (QED) is 0.638. The number of fused-ring (bicyclic) bond motifs is 1. The van der Waals surface area contributed by atoms with Gasteiger partial charge in [-0.3, -0.25) is 0 Å². The van der Waals surface area contributed by atoms with Crippen LogP contribution in [0.5, 0.6) is 0 Å². The highest BCUT2D eigenvalue weighted by atomic mass is 15.0. The lowest BCUT2D eigenvalue weighted by Gasteiger charge is -2.36. The van der Waals surface area contributed by atoms with E-state index in [1.807, 2.05) is 0 Å². The summed E-state index contributed by atoms with van der Waals surface area (Å²) in [5.74, 6) is 2.85. The summed E-state index contributed by atoms with van der Waals surface area (Å²) >= 11 is 0. The minimum atomic E-state index is 0.848. The minimum absolute atomic E-state index is 0.848. The van der Waals surface area contributed by atoms with Crippen molar-refractivity contribution >= 4 is 0 Å². The molecular weight excluding hydrogens is 158 g/mol. The van der Waals surface area contributed by atoms with Gasteiger partial charge in [0.15, 0.2) is 0 Å². The van der Waals surface area contributed by atoms with Gasteiger partial charge in [-0.25, -0.2) is 0 Å². The maximum absolute atomic E-state index is 3.59. The zero-order valence-corrected chi connectivity index (χ0v) is 8.42. The van der Waals surface area contributed by atoms with Crippen molar-refractivity contribution in [2.24, 2.45) is 17.8 Å². The Morgan fingerprint density at radius 1 is 1.38 bits per heavy atom. The molecule has 13 heavy (non-hydrogen) atoms. The zero-order chi connectivity index (χ0) is 8.84. The van der Waals surface area contributed by atoms with Crippen molar-refractivity contribution < 1.29 is 0 Å². The molecular formula is C12H19N. The summed E-state index contributed by atoms with van der Waals surface area (Å²) in [7, 11) is 0. The number of hydrogen-bond donors (Lipinski definition) is 1. The Morgan fingerprint density at radius 2 is 2.23 bits per heavy atom. The van der Waals surface area contributed by atoms with Gasteiger partial charge in [0.05, 0.1) is 0 Å². The number of hydrogen-bond acceptors (Lipinski definition) is 1. The predicted octanol–water partition coefficient (Wildman–Crippen LogP) is 2.34. The molecule has 0 spiro atoms. The summed E-state index contributed by atoms with van der Waals surface area (Å²) in [5.41, 5.74) is 1.69. The summed E-state index contributed by atoms with van der Waals surface area (Å²) < 4.78 is 0. The molecule has 2 aliphatic carbocycles. The SMILES string of the molecule is C/C(=C/C1CCC1)C1C2CNC1C2. The van der Waals surface area contributed by atoms with Crippen molar-refractivity contribution in [3.63, 3.8) is 0 Å². The van der Waals surface area contributed by atoms with Gasteiger partial charge in [-0.2, -0.15) is 0 Å². The van der Waals surface area contributed by atoms with Crippen molar-refractivity contribution in [1.29, 1.82) is 0 Å². The molecule has 0 aromatic heterocycles. The van der Waals surface area contributed by atoms with E-state index in [0.29, 0.717) is 0 Å². The third kappa shape index (κ3) is 1.17. The van der Waals surface area contributed by atoms with E-state index in [4.69, 9.17) is 0 Å². The fourth-order valence-corrected chi connectivity index (χ4v) is 3.25. The second-order valence-electron chi connectivity index (χ2n) is 5.14. The molecule has 4 aliphatic rings. The molecule has 0 aromatic carbocycles. The second-order valence-corrected chi connectivity index (χ2v) is 5.14. The van der Waals surface area contributed by atoms with Crippen LogP contribution in [-0.2, 0) is 0 Å². The van der Waals surface area contributed by atoms with Gasteiger partial charge in [0, 0.05) is 6.04 Å². The van der Waals surface area contributed by atoms with Gasteiger partial charge < -0.3 is 5.32 Å². The lowest BCUT2D eigenvalue weighted by Crippen LogP contribution is -2.37. The largest absolute Gasteiger partial charge is 0.313 e. The molecule has 1 N–H and O–H groups in total. The van der Waals surface area contributed by atoms with Gasteiger partial charge in [-0.1, -0.05) is 18.1 Å². The second kappa shape index (κ2) is 2.84. The van der Waals surface area contributed by atoms with Crippen LogP contribution in [0.1, 0.15) is 32.6 Å². The van der Waals surface area contributed by atoms with Gasteiger partial charge >= 0.3 is 0 Å². The first kappa shape index (κ1) is 8.05. The molecule has 4 rings (SSSR count). The molecule has 72 valence electrons. The highest BCUT2D eigenvalue weighted by molar-refractivity contribution is 5.20. The first-order valence-corrected chi connectivity index (χ1v) is 5.76. The molecule has 2 saturated heterocycles. The molecule has 2 aliphatic heterocycles. The van der Waals surface area contributed by atoms with E-state index < -0.39 is 0 Å². The van der Waals surface area contributed by atoms with Crippen molar-refractivity contribution in [1.82, 2.24) is 5.32 Å². The zero-order valence-electron chi connectivity index (χ0n) is 8.42. The van der Waals surface area contributed by atoms with E-state index in [1.165, 1.54) is 32.2 Å².